The van der Waals surface area contributed by atoms with Crippen molar-refractivity contribution in [1.82, 2.24) is 15.1 Å². The third-order valence-corrected chi connectivity index (χ3v) is 5.51. The van der Waals surface area contributed by atoms with Crippen LogP contribution >= 0.6 is 15.9 Å². The van der Waals surface area contributed by atoms with Crippen molar-refractivity contribution in [1.29, 1.82) is 0 Å². The number of amides is 1. The van der Waals surface area contributed by atoms with E-state index in [4.69, 9.17) is 4.42 Å². The van der Waals surface area contributed by atoms with Crippen molar-refractivity contribution >= 4 is 27.5 Å². The summed E-state index contributed by atoms with van der Waals surface area (Å²) >= 11 is 3.41. The van der Waals surface area contributed by atoms with Crippen molar-refractivity contribution in [3.63, 3.8) is 0 Å². The first-order chi connectivity index (χ1) is 12.9. The Labute approximate surface area is 168 Å². The molecular weight excluding hydrogens is 408 g/mol. The standard InChI is InChI=1S/C20H27BrN4O2/c1-13(2)12-18-23-24-20(27-18)14(3)25-10-8-15(9-11-25)19(26)22-17-6-4-16(21)5-7-17/h4-7,13-15H,8-12H2,1-3H3,(H,22,26). The fourth-order valence-electron chi connectivity index (χ4n) is 3.35. The number of halogens is 1. The summed E-state index contributed by atoms with van der Waals surface area (Å²) in [6.07, 6.45) is 2.47. The summed E-state index contributed by atoms with van der Waals surface area (Å²) < 4.78 is 6.83. The molecule has 2 aromatic rings. The molecule has 1 amide bonds. The van der Waals surface area contributed by atoms with Crippen LogP contribution in [0.2, 0.25) is 0 Å². The van der Waals surface area contributed by atoms with Gasteiger partial charge in [-0.25, -0.2) is 0 Å². The lowest BCUT2D eigenvalue weighted by molar-refractivity contribution is -0.121. The number of carbonyl (C=O) groups is 1. The summed E-state index contributed by atoms with van der Waals surface area (Å²) in [5, 5.41) is 11.4. The minimum absolute atomic E-state index is 0.0382. The zero-order valence-electron chi connectivity index (χ0n) is 16.1. The van der Waals surface area contributed by atoms with Crippen molar-refractivity contribution in [3.8, 4) is 0 Å². The molecule has 2 heterocycles. The van der Waals surface area contributed by atoms with E-state index in [0.717, 1.165) is 42.5 Å². The summed E-state index contributed by atoms with van der Waals surface area (Å²) in [6, 6.07) is 7.75. The summed E-state index contributed by atoms with van der Waals surface area (Å²) in [6.45, 7) is 8.06. The average molecular weight is 435 g/mol. The van der Waals surface area contributed by atoms with Gasteiger partial charge in [0, 0.05) is 22.5 Å². The fourth-order valence-corrected chi connectivity index (χ4v) is 3.61. The second-order valence-corrected chi connectivity index (χ2v) is 8.53. The van der Waals surface area contributed by atoms with E-state index in [1.54, 1.807) is 0 Å². The number of benzene rings is 1. The van der Waals surface area contributed by atoms with Gasteiger partial charge in [-0.15, -0.1) is 10.2 Å². The zero-order valence-corrected chi connectivity index (χ0v) is 17.7. The SMILES string of the molecule is CC(C)Cc1nnc(C(C)N2CCC(C(=O)Nc3ccc(Br)cc3)CC2)o1. The Balaban J connectivity index is 1.51. The van der Waals surface area contributed by atoms with Crippen molar-refractivity contribution in [2.45, 2.75) is 46.1 Å². The molecule has 1 atom stereocenters. The molecular formula is C20H27BrN4O2. The van der Waals surface area contributed by atoms with Gasteiger partial charge in [0.1, 0.15) is 0 Å². The van der Waals surface area contributed by atoms with Crippen LogP contribution in [0.1, 0.15) is 51.4 Å². The van der Waals surface area contributed by atoms with Crippen LogP contribution in [0.3, 0.4) is 0 Å². The first-order valence-corrected chi connectivity index (χ1v) is 10.3. The highest BCUT2D eigenvalue weighted by molar-refractivity contribution is 9.10. The largest absolute Gasteiger partial charge is 0.424 e. The molecule has 0 spiro atoms. The Bertz CT molecular complexity index is 752. The maximum absolute atomic E-state index is 12.5. The number of nitrogens with zero attached hydrogens (tertiary/aromatic N) is 3. The number of hydrogen-bond donors (Lipinski definition) is 1. The molecule has 0 saturated carbocycles. The molecule has 7 heteroatoms. The Morgan fingerprint density at radius 1 is 1.22 bits per heavy atom. The van der Waals surface area contributed by atoms with E-state index in [9.17, 15) is 4.79 Å². The highest BCUT2D eigenvalue weighted by atomic mass is 79.9. The van der Waals surface area contributed by atoms with E-state index < -0.39 is 0 Å². The van der Waals surface area contributed by atoms with E-state index >= 15 is 0 Å². The zero-order chi connectivity index (χ0) is 19.4. The lowest BCUT2D eigenvalue weighted by Crippen LogP contribution is -2.39. The summed E-state index contributed by atoms with van der Waals surface area (Å²) in [5.41, 5.74) is 0.836. The lowest BCUT2D eigenvalue weighted by Gasteiger charge is -2.34. The van der Waals surface area contributed by atoms with Crippen LogP contribution in [0.25, 0.3) is 0 Å². The van der Waals surface area contributed by atoms with Crippen molar-refractivity contribution in [3.05, 3.63) is 40.5 Å². The van der Waals surface area contributed by atoms with E-state index in [1.807, 2.05) is 24.3 Å². The Morgan fingerprint density at radius 3 is 2.52 bits per heavy atom. The number of aromatic nitrogens is 2. The molecule has 1 unspecified atom stereocenters. The van der Waals surface area contributed by atoms with Gasteiger partial charge in [0.05, 0.1) is 6.04 Å². The van der Waals surface area contributed by atoms with E-state index in [0.29, 0.717) is 17.7 Å². The number of likely N-dealkylation sites (tertiary alicyclic amines) is 1. The number of nitrogens with one attached hydrogen (secondary N) is 1. The molecule has 0 radical (unpaired) electrons. The highest BCUT2D eigenvalue weighted by Gasteiger charge is 2.29. The summed E-state index contributed by atoms with van der Waals surface area (Å²) in [7, 11) is 0. The first kappa shape index (κ1) is 20.0. The number of anilines is 1. The molecule has 1 aliphatic rings. The molecule has 3 rings (SSSR count). The van der Waals surface area contributed by atoms with Crippen molar-refractivity contribution < 1.29 is 9.21 Å². The van der Waals surface area contributed by atoms with Gasteiger partial charge in [0.25, 0.3) is 0 Å². The minimum atomic E-state index is 0.0382. The topological polar surface area (TPSA) is 71.3 Å². The Hall–Kier alpha value is -1.73. The number of hydrogen-bond acceptors (Lipinski definition) is 5. The van der Waals surface area contributed by atoms with Gasteiger partial charge in [-0.3, -0.25) is 9.69 Å². The molecule has 0 aliphatic carbocycles. The molecule has 1 saturated heterocycles. The third kappa shape index (κ3) is 5.39. The second-order valence-electron chi connectivity index (χ2n) is 7.61. The molecule has 1 aliphatic heterocycles. The minimum Gasteiger partial charge on any atom is -0.424 e. The van der Waals surface area contributed by atoms with Crippen LogP contribution in [-0.4, -0.2) is 34.1 Å². The normalized spacial score (nSPS) is 17.2. The molecule has 1 fully saturated rings. The molecule has 27 heavy (non-hydrogen) atoms. The smallest absolute Gasteiger partial charge is 0.233 e. The summed E-state index contributed by atoms with van der Waals surface area (Å²) in [5.74, 6) is 2.01. The van der Waals surface area contributed by atoms with Crippen molar-refractivity contribution in [2.24, 2.45) is 11.8 Å². The van der Waals surface area contributed by atoms with Gasteiger partial charge in [-0.2, -0.15) is 0 Å². The molecule has 1 aromatic heterocycles. The van der Waals surface area contributed by atoms with Crippen LogP contribution in [0, 0.1) is 11.8 Å². The lowest BCUT2D eigenvalue weighted by atomic mass is 9.95. The van der Waals surface area contributed by atoms with E-state index in [2.05, 4.69) is 57.1 Å². The quantitative estimate of drug-likeness (QED) is 0.727. The molecule has 146 valence electrons. The Morgan fingerprint density at radius 2 is 1.89 bits per heavy atom. The van der Waals surface area contributed by atoms with Crippen LogP contribution in [0.4, 0.5) is 5.69 Å². The van der Waals surface area contributed by atoms with Crippen LogP contribution in [0.15, 0.2) is 33.2 Å². The van der Waals surface area contributed by atoms with Gasteiger partial charge >= 0.3 is 0 Å². The average Bonchev–Trinajstić information content (AvgIpc) is 3.11. The van der Waals surface area contributed by atoms with Crippen LogP contribution < -0.4 is 5.32 Å². The summed E-state index contributed by atoms with van der Waals surface area (Å²) in [4.78, 5) is 14.8. The van der Waals surface area contributed by atoms with Gasteiger partial charge in [0.15, 0.2) is 0 Å². The predicted octanol–water partition coefficient (Wildman–Crippen LogP) is 4.44. The third-order valence-electron chi connectivity index (χ3n) is 4.98. The van der Waals surface area contributed by atoms with Gasteiger partial charge in [-0.05, 0) is 63.0 Å². The highest BCUT2D eigenvalue weighted by Crippen LogP contribution is 2.27. The monoisotopic (exact) mass is 434 g/mol. The van der Waals surface area contributed by atoms with Gasteiger partial charge in [0.2, 0.25) is 17.7 Å². The van der Waals surface area contributed by atoms with Crippen LogP contribution in [0.5, 0.6) is 0 Å². The van der Waals surface area contributed by atoms with Gasteiger partial charge < -0.3 is 9.73 Å². The molecule has 6 nitrogen and oxygen atoms in total. The number of carbonyl (C=O) groups excluding carboxylic acids is 1. The second kappa shape index (κ2) is 8.97. The Kier molecular flexibility index (Phi) is 6.65. The van der Waals surface area contributed by atoms with Gasteiger partial charge in [-0.1, -0.05) is 29.8 Å². The van der Waals surface area contributed by atoms with E-state index in [1.165, 1.54) is 0 Å². The number of rotatable bonds is 6. The maximum Gasteiger partial charge on any atom is 0.233 e. The van der Waals surface area contributed by atoms with Crippen LogP contribution in [-0.2, 0) is 11.2 Å². The number of piperidine rings is 1. The first-order valence-electron chi connectivity index (χ1n) is 9.55. The maximum atomic E-state index is 12.5. The molecule has 1 N–H and O–H groups in total. The molecule has 1 aromatic carbocycles. The fraction of sp³-hybridized carbons (Fsp3) is 0.550. The predicted molar refractivity (Wildman–Crippen MR) is 108 cm³/mol. The van der Waals surface area contributed by atoms with E-state index in [-0.39, 0.29) is 17.9 Å². The van der Waals surface area contributed by atoms with Crippen molar-refractivity contribution in [2.75, 3.05) is 18.4 Å². The molecule has 0 bridgehead atoms.